The fourth-order valence-electron chi connectivity index (χ4n) is 5.19. The Morgan fingerprint density at radius 3 is 2.10 bits per heavy atom. The van der Waals surface area contributed by atoms with Gasteiger partial charge in [-0.3, -0.25) is 4.79 Å². The molecule has 0 aromatic heterocycles. The van der Waals surface area contributed by atoms with Gasteiger partial charge in [0.2, 0.25) is 5.91 Å². The van der Waals surface area contributed by atoms with Crippen LogP contribution in [0, 0.1) is 5.41 Å². The Morgan fingerprint density at radius 1 is 0.935 bits per heavy atom. The van der Waals surface area contributed by atoms with E-state index < -0.39 is 11.5 Å². The molecule has 0 spiro atoms. The number of hydrogen-bond donors (Lipinski definition) is 1. The number of hydrogen-bond acceptors (Lipinski definition) is 3. The van der Waals surface area contributed by atoms with Gasteiger partial charge in [-0.1, -0.05) is 97.9 Å². The van der Waals surface area contributed by atoms with E-state index in [-0.39, 0.29) is 24.2 Å². The average Bonchev–Trinajstić information content (AvgIpc) is 3.62. The molecular formula is C27H27NO3. The first-order chi connectivity index (χ1) is 15.2. The van der Waals surface area contributed by atoms with Crippen LogP contribution in [0.3, 0.4) is 0 Å². The van der Waals surface area contributed by atoms with Gasteiger partial charge < -0.3 is 14.7 Å². The molecular weight excluding hydrogens is 386 g/mol. The standard InChI is InChI=1S/C27H27NO3/c1-2-22-25(31-22)27(24(29)21-16-10-5-11-17-21)23(20-14-8-4-9-15-20)28(26(27)30)18-19-12-6-3-7-13-19/h3-17,22-25,29H,2,18H2,1H3/t22-,23+,24+,25+,27-/m0/s1. The highest BCUT2D eigenvalue weighted by molar-refractivity contribution is 5.93. The molecule has 5 rings (SSSR count). The summed E-state index contributed by atoms with van der Waals surface area (Å²) in [6, 6.07) is 29.3. The third-order valence-corrected chi connectivity index (χ3v) is 6.73. The van der Waals surface area contributed by atoms with Gasteiger partial charge in [-0.05, 0) is 23.1 Å². The van der Waals surface area contributed by atoms with E-state index >= 15 is 0 Å². The Morgan fingerprint density at radius 2 is 1.52 bits per heavy atom. The van der Waals surface area contributed by atoms with Crippen molar-refractivity contribution in [1.29, 1.82) is 0 Å². The maximum absolute atomic E-state index is 13.9. The fraction of sp³-hybridized carbons (Fsp3) is 0.296. The molecule has 1 amide bonds. The first-order valence-electron chi connectivity index (χ1n) is 11.0. The number of nitrogens with zero attached hydrogens (tertiary/aromatic N) is 1. The topological polar surface area (TPSA) is 53.1 Å². The molecule has 0 bridgehead atoms. The largest absolute Gasteiger partial charge is 0.387 e. The number of carbonyl (C=O) groups excluding carboxylic acids is 1. The molecule has 2 aliphatic heterocycles. The van der Waals surface area contributed by atoms with Gasteiger partial charge in [0.1, 0.15) is 11.5 Å². The molecule has 1 N–H and O–H groups in total. The first-order valence-corrected chi connectivity index (χ1v) is 11.0. The highest BCUT2D eigenvalue weighted by Gasteiger charge is 2.74. The zero-order chi connectivity index (χ0) is 21.4. The second-order valence-corrected chi connectivity index (χ2v) is 8.48. The molecule has 4 heteroatoms. The van der Waals surface area contributed by atoms with Crippen molar-refractivity contribution in [1.82, 2.24) is 4.90 Å². The number of rotatable bonds is 7. The molecule has 0 radical (unpaired) electrons. The summed E-state index contributed by atoms with van der Waals surface area (Å²) in [6.07, 6.45) is -0.425. The monoisotopic (exact) mass is 413 g/mol. The third-order valence-electron chi connectivity index (χ3n) is 6.73. The SMILES string of the molecule is CC[C@@H]1O[C@H]1[C@]1([C@H](O)c2ccccc2)C(=O)N(Cc2ccccc2)[C@@H]1c1ccccc1. The van der Waals surface area contributed by atoms with Crippen molar-refractivity contribution in [2.45, 2.75) is 44.2 Å². The van der Waals surface area contributed by atoms with Crippen molar-refractivity contribution in [3.63, 3.8) is 0 Å². The van der Waals surface area contributed by atoms with Crippen LogP contribution in [-0.2, 0) is 16.1 Å². The van der Waals surface area contributed by atoms with Crippen LogP contribution in [0.2, 0.25) is 0 Å². The minimum absolute atomic E-state index is 0.00704. The molecule has 5 atom stereocenters. The van der Waals surface area contributed by atoms with Gasteiger partial charge in [-0.15, -0.1) is 0 Å². The maximum Gasteiger partial charge on any atom is 0.237 e. The van der Waals surface area contributed by atoms with Crippen LogP contribution < -0.4 is 0 Å². The van der Waals surface area contributed by atoms with Crippen molar-refractivity contribution >= 4 is 5.91 Å². The average molecular weight is 414 g/mol. The lowest BCUT2D eigenvalue weighted by Crippen LogP contribution is -2.68. The molecule has 0 aliphatic carbocycles. The number of amides is 1. The summed E-state index contributed by atoms with van der Waals surface area (Å²) in [5.74, 6) is -0.0393. The Kier molecular flexibility index (Phi) is 5.12. The number of epoxide rings is 1. The van der Waals surface area contributed by atoms with Crippen molar-refractivity contribution in [2.24, 2.45) is 5.41 Å². The van der Waals surface area contributed by atoms with E-state index in [1.165, 1.54) is 0 Å². The smallest absolute Gasteiger partial charge is 0.237 e. The molecule has 0 unspecified atom stereocenters. The number of ether oxygens (including phenoxy) is 1. The lowest BCUT2D eigenvalue weighted by atomic mass is 9.60. The maximum atomic E-state index is 13.9. The number of aliphatic hydroxyl groups is 1. The van der Waals surface area contributed by atoms with Crippen LogP contribution in [0.5, 0.6) is 0 Å². The summed E-state index contributed by atoms with van der Waals surface area (Å²) < 4.78 is 6.03. The highest BCUT2D eigenvalue weighted by atomic mass is 16.6. The van der Waals surface area contributed by atoms with E-state index in [1.807, 2.05) is 95.9 Å². The van der Waals surface area contributed by atoms with E-state index in [4.69, 9.17) is 4.74 Å². The summed E-state index contributed by atoms with van der Waals surface area (Å²) in [4.78, 5) is 15.8. The Bertz CT molecular complexity index is 1040. The zero-order valence-electron chi connectivity index (χ0n) is 17.6. The fourth-order valence-corrected chi connectivity index (χ4v) is 5.19. The van der Waals surface area contributed by atoms with Gasteiger partial charge in [-0.2, -0.15) is 0 Å². The van der Waals surface area contributed by atoms with Crippen LogP contribution in [0.25, 0.3) is 0 Å². The quantitative estimate of drug-likeness (QED) is 0.452. The van der Waals surface area contributed by atoms with Crippen LogP contribution >= 0.6 is 0 Å². The predicted molar refractivity (Wildman–Crippen MR) is 119 cm³/mol. The second kappa shape index (κ2) is 7.95. The van der Waals surface area contributed by atoms with E-state index in [9.17, 15) is 9.90 Å². The normalized spacial score (nSPS) is 28.1. The van der Waals surface area contributed by atoms with Gasteiger partial charge in [0, 0.05) is 6.54 Å². The van der Waals surface area contributed by atoms with Crippen molar-refractivity contribution in [2.75, 3.05) is 0 Å². The summed E-state index contributed by atoms with van der Waals surface area (Å²) >= 11 is 0. The number of carbonyl (C=O) groups is 1. The van der Waals surface area contributed by atoms with Crippen molar-refractivity contribution in [3.05, 3.63) is 108 Å². The zero-order valence-corrected chi connectivity index (χ0v) is 17.6. The van der Waals surface area contributed by atoms with Crippen molar-refractivity contribution < 1.29 is 14.6 Å². The Balaban J connectivity index is 1.61. The van der Waals surface area contributed by atoms with Crippen LogP contribution in [0.4, 0.5) is 0 Å². The highest BCUT2D eigenvalue weighted by Crippen LogP contribution is 2.64. The van der Waals surface area contributed by atoms with Gasteiger partial charge >= 0.3 is 0 Å². The summed E-state index contributed by atoms with van der Waals surface area (Å²) in [7, 11) is 0. The van der Waals surface area contributed by atoms with Crippen LogP contribution in [-0.4, -0.2) is 28.1 Å². The van der Waals surface area contributed by atoms with E-state index in [1.54, 1.807) is 0 Å². The molecule has 3 aromatic rings. The van der Waals surface area contributed by atoms with Gasteiger partial charge in [0.05, 0.1) is 18.2 Å². The lowest BCUT2D eigenvalue weighted by molar-refractivity contribution is -0.197. The first kappa shape index (κ1) is 20.0. The number of aliphatic hydroxyl groups excluding tert-OH is 1. The summed E-state index contributed by atoms with van der Waals surface area (Å²) in [5.41, 5.74) is 1.82. The minimum atomic E-state index is -1.03. The van der Waals surface area contributed by atoms with E-state index in [2.05, 4.69) is 6.92 Å². The van der Waals surface area contributed by atoms with Gasteiger partial charge in [0.15, 0.2) is 0 Å². The summed E-state index contributed by atoms with van der Waals surface area (Å²) in [6.45, 7) is 2.57. The lowest BCUT2D eigenvalue weighted by Gasteiger charge is -2.58. The Labute approximate surface area is 183 Å². The molecule has 2 fully saturated rings. The van der Waals surface area contributed by atoms with E-state index in [0.717, 1.165) is 23.1 Å². The van der Waals surface area contributed by atoms with Gasteiger partial charge in [-0.25, -0.2) is 0 Å². The number of β-lactam (4-membered cyclic amide) rings is 1. The van der Waals surface area contributed by atoms with Crippen LogP contribution in [0.15, 0.2) is 91.0 Å². The van der Waals surface area contributed by atoms with E-state index in [0.29, 0.717) is 6.54 Å². The molecule has 2 aliphatic rings. The van der Waals surface area contributed by atoms with Crippen LogP contribution in [0.1, 0.15) is 42.2 Å². The van der Waals surface area contributed by atoms with Gasteiger partial charge in [0.25, 0.3) is 0 Å². The molecule has 31 heavy (non-hydrogen) atoms. The molecule has 158 valence electrons. The third kappa shape index (κ3) is 3.18. The number of benzene rings is 3. The molecule has 4 nitrogen and oxygen atoms in total. The predicted octanol–water partition coefficient (Wildman–Crippen LogP) is 4.67. The molecule has 2 heterocycles. The minimum Gasteiger partial charge on any atom is -0.387 e. The molecule has 0 saturated carbocycles. The molecule has 3 aromatic carbocycles. The Hall–Kier alpha value is -2.95. The molecule has 2 saturated heterocycles. The summed E-state index contributed by atoms with van der Waals surface area (Å²) in [5, 5.41) is 11.7. The van der Waals surface area contributed by atoms with Crippen molar-refractivity contribution in [3.8, 4) is 0 Å². The number of likely N-dealkylation sites (tertiary alicyclic amines) is 1. The second-order valence-electron chi connectivity index (χ2n) is 8.48.